The summed E-state index contributed by atoms with van der Waals surface area (Å²) in [5.41, 5.74) is 9.21. The standard InChI is InChI=1S/C30H23IN2O5/c1-2-34-27-11-19(10-23(31)29(27)35-15-18-8-5-7-17-6-3-4-9-20(17)18)28-21-12-25-26(37-16-36-25)13-24(21)38-30(33)22(28)14-32/h3-13,28H,2,15-16,33H2,1H3/t28-/m0/s1. The maximum absolute atomic E-state index is 10.0. The fourth-order valence-corrected chi connectivity index (χ4v) is 5.70. The molecule has 0 saturated heterocycles. The number of fused-ring (bicyclic) bond motifs is 3. The van der Waals surface area contributed by atoms with Crippen molar-refractivity contribution in [3.05, 3.63) is 98.4 Å². The number of hydrogen-bond acceptors (Lipinski definition) is 7. The molecule has 2 aliphatic heterocycles. The molecule has 0 aliphatic carbocycles. The van der Waals surface area contributed by atoms with E-state index in [-0.39, 0.29) is 12.7 Å². The fourth-order valence-electron chi connectivity index (χ4n) is 4.92. The van der Waals surface area contributed by atoms with E-state index in [4.69, 9.17) is 29.4 Å². The molecule has 8 heteroatoms. The highest BCUT2D eigenvalue weighted by Gasteiger charge is 2.34. The molecule has 4 aromatic rings. The van der Waals surface area contributed by atoms with Gasteiger partial charge in [0.05, 0.1) is 16.1 Å². The number of benzene rings is 4. The van der Waals surface area contributed by atoms with Crippen molar-refractivity contribution in [2.45, 2.75) is 19.4 Å². The Bertz CT molecular complexity index is 1640. The van der Waals surface area contributed by atoms with Crippen molar-refractivity contribution in [2.75, 3.05) is 13.4 Å². The lowest BCUT2D eigenvalue weighted by Crippen LogP contribution is -2.21. The summed E-state index contributed by atoms with van der Waals surface area (Å²) in [7, 11) is 0. The van der Waals surface area contributed by atoms with Gasteiger partial charge >= 0.3 is 0 Å². The molecule has 4 aromatic carbocycles. The number of nitrogens with zero attached hydrogens (tertiary/aromatic N) is 1. The summed E-state index contributed by atoms with van der Waals surface area (Å²) >= 11 is 2.25. The number of ether oxygens (including phenoxy) is 5. The van der Waals surface area contributed by atoms with Crippen LogP contribution in [-0.4, -0.2) is 13.4 Å². The molecule has 0 radical (unpaired) electrons. The van der Waals surface area contributed by atoms with Crippen LogP contribution in [0, 0.1) is 14.9 Å². The number of halogens is 1. The Balaban J connectivity index is 1.41. The van der Waals surface area contributed by atoms with Gasteiger partial charge in [-0.2, -0.15) is 5.26 Å². The lowest BCUT2D eigenvalue weighted by Gasteiger charge is -2.27. The Kier molecular flexibility index (Phi) is 6.37. The fraction of sp³-hybridized carbons (Fsp3) is 0.167. The van der Waals surface area contributed by atoms with Gasteiger partial charge in [-0.3, -0.25) is 0 Å². The molecule has 2 N–H and O–H groups in total. The van der Waals surface area contributed by atoms with Crippen LogP contribution in [0.3, 0.4) is 0 Å². The van der Waals surface area contributed by atoms with Crippen molar-refractivity contribution < 1.29 is 23.7 Å². The van der Waals surface area contributed by atoms with Gasteiger partial charge in [-0.25, -0.2) is 0 Å². The molecule has 0 amide bonds. The molecule has 7 nitrogen and oxygen atoms in total. The minimum atomic E-state index is -0.474. The molecule has 0 saturated carbocycles. The van der Waals surface area contributed by atoms with Crippen LogP contribution in [0.2, 0.25) is 0 Å². The zero-order chi connectivity index (χ0) is 26.2. The van der Waals surface area contributed by atoms with Crippen LogP contribution in [0.5, 0.6) is 28.7 Å². The van der Waals surface area contributed by atoms with E-state index < -0.39 is 5.92 Å². The molecule has 0 aromatic heterocycles. The lowest BCUT2D eigenvalue weighted by molar-refractivity contribution is 0.174. The topological polar surface area (TPSA) is 96.0 Å². The van der Waals surface area contributed by atoms with E-state index >= 15 is 0 Å². The normalized spacial score (nSPS) is 15.6. The Labute approximate surface area is 233 Å². The highest BCUT2D eigenvalue weighted by atomic mass is 127. The molecule has 38 heavy (non-hydrogen) atoms. The first-order chi connectivity index (χ1) is 18.6. The number of rotatable bonds is 6. The van der Waals surface area contributed by atoms with Crippen LogP contribution in [0.15, 0.2) is 78.2 Å². The van der Waals surface area contributed by atoms with E-state index in [1.807, 2.05) is 43.3 Å². The Morgan fingerprint density at radius 2 is 1.79 bits per heavy atom. The summed E-state index contributed by atoms with van der Waals surface area (Å²) in [6.07, 6.45) is 0. The number of hydrogen-bond donors (Lipinski definition) is 1. The van der Waals surface area contributed by atoms with Gasteiger partial charge in [-0.1, -0.05) is 42.5 Å². The van der Waals surface area contributed by atoms with Crippen molar-refractivity contribution in [1.29, 1.82) is 5.26 Å². The summed E-state index contributed by atoms with van der Waals surface area (Å²) in [5.74, 6) is 2.55. The summed E-state index contributed by atoms with van der Waals surface area (Å²) in [4.78, 5) is 0. The maximum atomic E-state index is 10.0. The third-order valence-corrected chi connectivity index (χ3v) is 7.43. The SMILES string of the molecule is CCOc1cc([C@@H]2C(C#N)=C(N)Oc3cc4c(cc32)OCO4)cc(I)c1OCc1cccc2ccccc12. The second kappa shape index (κ2) is 9.99. The number of nitrogens with two attached hydrogens (primary N) is 1. The molecule has 2 heterocycles. The predicted octanol–water partition coefficient (Wildman–Crippen LogP) is 6.37. The first-order valence-electron chi connectivity index (χ1n) is 12.1. The molecule has 190 valence electrons. The highest BCUT2D eigenvalue weighted by Crippen LogP contribution is 2.49. The van der Waals surface area contributed by atoms with Crippen molar-refractivity contribution in [3.63, 3.8) is 0 Å². The zero-order valence-corrected chi connectivity index (χ0v) is 22.7. The van der Waals surface area contributed by atoms with Gasteiger partial charge in [0.2, 0.25) is 12.7 Å². The van der Waals surface area contributed by atoms with Crippen LogP contribution in [0.25, 0.3) is 10.8 Å². The third kappa shape index (κ3) is 4.23. The van der Waals surface area contributed by atoms with Gasteiger partial charge < -0.3 is 29.4 Å². The van der Waals surface area contributed by atoms with E-state index in [1.54, 1.807) is 6.07 Å². The van der Waals surface area contributed by atoms with Gasteiger partial charge in [0.1, 0.15) is 24.0 Å². The molecular weight excluding hydrogens is 595 g/mol. The van der Waals surface area contributed by atoms with E-state index in [0.29, 0.717) is 47.5 Å². The van der Waals surface area contributed by atoms with Gasteiger partial charge in [0.25, 0.3) is 0 Å². The average Bonchev–Trinajstić information content (AvgIpc) is 3.38. The van der Waals surface area contributed by atoms with E-state index in [1.165, 1.54) is 0 Å². The van der Waals surface area contributed by atoms with Crippen LogP contribution >= 0.6 is 22.6 Å². The smallest absolute Gasteiger partial charge is 0.231 e. The summed E-state index contributed by atoms with van der Waals surface area (Å²) in [5, 5.41) is 12.3. The summed E-state index contributed by atoms with van der Waals surface area (Å²) in [6, 6.07) is 24.2. The second-order valence-corrected chi connectivity index (χ2v) is 10.0. The van der Waals surface area contributed by atoms with Crippen LogP contribution < -0.4 is 29.4 Å². The number of nitriles is 1. The summed E-state index contributed by atoms with van der Waals surface area (Å²) < 4.78 is 30.2. The van der Waals surface area contributed by atoms with Gasteiger partial charge in [0, 0.05) is 11.6 Å². The molecule has 6 rings (SSSR count). The van der Waals surface area contributed by atoms with Crippen molar-refractivity contribution in [3.8, 4) is 34.8 Å². The molecule has 1 atom stereocenters. The number of allylic oxidation sites excluding steroid dienone is 1. The first kappa shape index (κ1) is 24.2. The van der Waals surface area contributed by atoms with Gasteiger partial charge in [-0.15, -0.1) is 0 Å². The van der Waals surface area contributed by atoms with Crippen molar-refractivity contribution in [1.82, 2.24) is 0 Å². The predicted molar refractivity (Wildman–Crippen MR) is 150 cm³/mol. The highest BCUT2D eigenvalue weighted by molar-refractivity contribution is 14.1. The monoisotopic (exact) mass is 618 g/mol. The molecule has 0 fully saturated rings. The largest absolute Gasteiger partial charge is 0.490 e. The van der Waals surface area contributed by atoms with Crippen molar-refractivity contribution >= 4 is 33.4 Å². The van der Waals surface area contributed by atoms with Gasteiger partial charge in [0.15, 0.2) is 23.0 Å². The van der Waals surface area contributed by atoms with E-state index in [2.05, 4.69) is 52.9 Å². The minimum Gasteiger partial charge on any atom is -0.490 e. The molecule has 2 aliphatic rings. The molecule has 0 spiro atoms. The maximum Gasteiger partial charge on any atom is 0.231 e. The first-order valence-corrected chi connectivity index (χ1v) is 13.2. The Morgan fingerprint density at radius 1 is 1.00 bits per heavy atom. The van der Waals surface area contributed by atoms with E-state index in [0.717, 1.165) is 31.0 Å². The van der Waals surface area contributed by atoms with E-state index in [9.17, 15) is 5.26 Å². The third-order valence-electron chi connectivity index (χ3n) is 6.63. The van der Waals surface area contributed by atoms with Crippen molar-refractivity contribution in [2.24, 2.45) is 5.73 Å². The Morgan fingerprint density at radius 3 is 2.61 bits per heavy atom. The minimum absolute atomic E-state index is 0.0631. The zero-order valence-electron chi connectivity index (χ0n) is 20.5. The average molecular weight is 618 g/mol. The van der Waals surface area contributed by atoms with Crippen LogP contribution in [-0.2, 0) is 6.61 Å². The molecule has 0 unspecified atom stereocenters. The van der Waals surface area contributed by atoms with Crippen LogP contribution in [0.1, 0.15) is 29.5 Å². The summed E-state index contributed by atoms with van der Waals surface area (Å²) in [6.45, 7) is 2.90. The second-order valence-electron chi connectivity index (χ2n) is 8.86. The lowest BCUT2D eigenvalue weighted by atomic mass is 9.83. The quantitative estimate of drug-likeness (QED) is 0.251. The van der Waals surface area contributed by atoms with Crippen LogP contribution in [0.4, 0.5) is 0 Å². The Hall–Kier alpha value is -4.10. The molecule has 0 bridgehead atoms. The molecular formula is C30H23IN2O5. The van der Waals surface area contributed by atoms with Gasteiger partial charge in [-0.05, 0) is 69.6 Å².